The maximum absolute atomic E-state index is 11.3. The standard InChI is InChI=1S/C19H19ClN2O2S/c1-3-21-15-5-4-6-16-18(15)19(12(2)22(16)11-17(23)24)25-14-9-7-13(20)8-10-14/h4-10,21H,3,11H2,1-2H3,(H,23,24). The molecule has 2 N–H and O–H groups in total. The van der Waals surface area contributed by atoms with Crippen molar-refractivity contribution in [2.24, 2.45) is 0 Å². The number of rotatable bonds is 6. The summed E-state index contributed by atoms with van der Waals surface area (Å²) in [5, 5.41) is 14.4. The lowest BCUT2D eigenvalue weighted by Gasteiger charge is -2.08. The summed E-state index contributed by atoms with van der Waals surface area (Å²) in [6.45, 7) is 4.76. The highest BCUT2D eigenvalue weighted by atomic mass is 35.5. The van der Waals surface area contributed by atoms with Crippen LogP contribution in [0.2, 0.25) is 5.02 Å². The summed E-state index contributed by atoms with van der Waals surface area (Å²) < 4.78 is 1.86. The number of nitrogens with zero attached hydrogens (tertiary/aromatic N) is 1. The Hall–Kier alpha value is -2.11. The fourth-order valence-electron chi connectivity index (χ4n) is 2.91. The smallest absolute Gasteiger partial charge is 0.323 e. The molecule has 3 aromatic rings. The van der Waals surface area contributed by atoms with Gasteiger partial charge in [-0.1, -0.05) is 29.4 Å². The lowest BCUT2D eigenvalue weighted by atomic mass is 10.2. The van der Waals surface area contributed by atoms with Crippen LogP contribution in [0.1, 0.15) is 12.6 Å². The molecule has 0 fully saturated rings. The molecule has 0 unspecified atom stereocenters. The van der Waals surface area contributed by atoms with Gasteiger partial charge in [-0.2, -0.15) is 0 Å². The van der Waals surface area contributed by atoms with Gasteiger partial charge >= 0.3 is 5.97 Å². The first-order valence-corrected chi connectivity index (χ1v) is 9.21. The number of carboxylic acids is 1. The molecule has 0 radical (unpaired) electrons. The zero-order valence-electron chi connectivity index (χ0n) is 14.0. The predicted molar refractivity (Wildman–Crippen MR) is 104 cm³/mol. The summed E-state index contributed by atoms with van der Waals surface area (Å²) in [4.78, 5) is 13.5. The van der Waals surface area contributed by atoms with E-state index in [2.05, 4.69) is 5.32 Å². The second-order valence-electron chi connectivity index (χ2n) is 5.68. The van der Waals surface area contributed by atoms with Crippen molar-refractivity contribution >= 4 is 45.9 Å². The summed E-state index contributed by atoms with van der Waals surface area (Å²) in [7, 11) is 0. The average Bonchev–Trinajstić information content (AvgIpc) is 2.83. The molecular formula is C19H19ClN2O2S. The van der Waals surface area contributed by atoms with Crippen molar-refractivity contribution in [2.75, 3.05) is 11.9 Å². The number of carbonyl (C=O) groups is 1. The number of fused-ring (bicyclic) bond motifs is 1. The molecule has 6 heteroatoms. The van der Waals surface area contributed by atoms with Gasteiger partial charge in [0.2, 0.25) is 0 Å². The number of carboxylic acid groups (broad SMARTS) is 1. The fourth-order valence-corrected chi connectivity index (χ4v) is 4.12. The molecule has 1 heterocycles. The first-order chi connectivity index (χ1) is 12.0. The Bertz CT molecular complexity index is 919. The largest absolute Gasteiger partial charge is 0.480 e. The van der Waals surface area contributed by atoms with E-state index >= 15 is 0 Å². The van der Waals surface area contributed by atoms with E-state index in [1.807, 2.05) is 60.9 Å². The summed E-state index contributed by atoms with van der Waals surface area (Å²) >= 11 is 7.61. The van der Waals surface area contributed by atoms with E-state index in [-0.39, 0.29) is 6.54 Å². The average molecular weight is 375 g/mol. The molecule has 0 spiro atoms. The molecule has 130 valence electrons. The number of hydrogen-bond acceptors (Lipinski definition) is 3. The molecule has 0 amide bonds. The summed E-state index contributed by atoms with van der Waals surface area (Å²) in [6.07, 6.45) is 0. The highest BCUT2D eigenvalue weighted by Gasteiger charge is 2.19. The molecule has 1 aromatic heterocycles. The third-order valence-corrected chi connectivity index (χ3v) is 5.45. The van der Waals surface area contributed by atoms with Gasteiger partial charge in [-0.3, -0.25) is 4.79 Å². The lowest BCUT2D eigenvalue weighted by Crippen LogP contribution is -2.09. The van der Waals surface area contributed by atoms with Gasteiger partial charge in [0.25, 0.3) is 0 Å². The molecule has 4 nitrogen and oxygen atoms in total. The summed E-state index contributed by atoms with van der Waals surface area (Å²) in [5.74, 6) is -0.850. The number of aliphatic carboxylic acids is 1. The van der Waals surface area contributed by atoms with Crippen LogP contribution in [-0.4, -0.2) is 22.2 Å². The second kappa shape index (κ2) is 7.42. The van der Waals surface area contributed by atoms with Crippen molar-refractivity contribution in [3.63, 3.8) is 0 Å². The van der Waals surface area contributed by atoms with Crippen LogP contribution in [-0.2, 0) is 11.3 Å². The quantitative estimate of drug-likeness (QED) is 0.617. The van der Waals surface area contributed by atoms with Crippen molar-refractivity contribution in [1.82, 2.24) is 4.57 Å². The molecule has 25 heavy (non-hydrogen) atoms. The van der Waals surface area contributed by atoms with E-state index in [4.69, 9.17) is 11.6 Å². The predicted octanol–water partition coefficient (Wildman–Crippen LogP) is 5.27. The lowest BCUT2D eigenvalue weighted by molar-refractivity contribution is -0.137. The minimum atomic E-state index is -0.850. The van der Waals surface area contributed by atoms with Crippen LogP contribution < -0.4 is 5.32 Å². The molecule has 0 aliphatic heterocycles. The van der Waals surface area contributed by atoms with Crippen molar-refractivity contribution in [1.29, 1.82) is 0 Å². The number of halogens is 1. The molecule has 0 saturated carbocycles. The Morgan fingerprint density at radius 2 is 1.96 bits per heavy atom. The van der Waals surface area contributed by atoms with Gasteiger partial charge in [-0.25, -0.2) is 0 Å². The fraction of sp³-hybridized carbons (Fsp3) is 0.211. The van der Waals surface area contributed by atoms with Crippen LogP contribution in [0.25, 0.3) is 10.9 Å². The zero-order valence-corrected chi connectivity index (χ0v) is 15.6. The maximum Gasteiger partial charge on any atom is 0.323 e. The van der Waals surface area contributed by atoms with Crippen molar-refractivity contribution in [2.45, 2.75) is 30.2 Å². The van der Waals surface area contributed by atoms with Gasteiger partial charge in [0, 0.05) is 38.1 Å². The molecule has 0 aliphatic rings. The van der Waals surface area contributed by atoms with Gasteiger partial charge in [0.1, 0.15) is 6.54 Å². The highest BCUT2D eigenvalue weighted by molar-refractivity contribution is 7.99. The first-order valence-electron chi connectivity index (χ1n) is 8.02. The van der Waals surface area contributed by atoms with Crippen molar-refractivity contribution in [3.8, 4) is 0 Å². The van der Waals surface area contributed by atoms with Crippen molar-refractivity contribution < 1.29 is 9.90 Å². The SMILES string of the molecule is CCNc1cccc2c1c(Sc1ccc(Cl)cc1)c(C)n2CC(=O)O. The Morgan fingerprint density at radius 1 is 1.24 bits per heavy atom. The monoisotopic (exact) mass is 374 g/mol. The van der Waals surface area contributed by atoms with Gasteiger partial charge in [0.15, 0.2) is 0 Å². The van der Waals surface area contributed by atoms with Gasteiger partial charge in [0.05, 0.1) is 5.52 Å². The Labute approximate surface area is 155 Å². The number of hydrogen-bond donors (Lipinski definition) is 2. The van der Waals surface area contributed by atoms with Crippen molar-refractivity contribution in [3.05, 3.63) is 53.2 Å². The number of nitrogens with one attached hydrogen (secondary N) is 1. The first kappa shape index (κ1) is 17.7. The van der Waals surface area contributed by atoms with Crippen LogP contribution in [0.4, 0.5) is 5.69 Å². The van der Waals surface area contributed by atoms with Crippen LogP contribution in [0.3, 0.4) is 0 Å². The molecule has 2 aromatic carbocycles. The topological polar surface area (TPSA) is 54.3 Å². The number of aromatic nitrogens is 1. The van der Waals surface area contributed by atoms with E-state index in [1.54, 1.807) is 11.8 Å². The van der Waals surface area contributed by atoms with Gasteiger partial charge in [-0.05, 0) is 50.2 Å². The summed E-state index contributed by atoms with van der Waals surface area (Å²) in [6, 6.07) is 13.6. The third kappa shape index (κ3) is 3.62. The van der Waals surface area contributed by atoms with E-state index in [1.165, 1.54) is 0 Å². The third-order valence-electron chi connectivity index (χ3n) is 3.99. The van der Waals surface area contributed by atoms with E-state index in [0.29, 0.717) is 5.02 Å². The minimum Gasteiger partial charge on any atom is -0.480 e. The molecule has 0 atom stereocenters. The Balaban J connectivity index is 2.19. The normalized spacial score (nSPS) is 11.0. The van der Waals surface area contributed by atoms with Gasteiger partial charge in [-0.15, -0.1) is 0 Å². The Morgan fingerprint density at radius 3 is 2.60 bits per heavy atom. The van der Waals surface area contributed by atoms with E-state index in [0.717, 1.165) is 38.6 Å². The van der Waals surface area contributed by atoms with Crippen LogP contribution in [0.5, 0.6) is 0 Å². The minimum absolute atomic E-state index is 0.0565. The van der Waals surface area contributed by atoms with Crippen LogP contribution in [0.15, 0.2) is 52.3 Å². The molecule has 0 saturated heterocycles. The zero-order chi connectivity index (χ0) is 18.0. The molecule has 0 bridgehead atoms. The van der Waals surface area contributed by atoms with Crippen LogP contribution >= 0.6 is 23.4 Å². The second-order valence-corrected chi connectivity index (χ2v) is 7.20. The molecule has 0 aliphatic carbocycles. The number of benzene rings is 2. The maximum atomic E-state index is 11.3. The molecular weight excluding hydrogens is 356 g/mol. The number of anilines is 1. The van der Waals surface area contributed by atoms with Crippen LogP contribution in [0, 0.1) is 6.92 Å². The van der Waals surface area contributed by atoms with E-state index in [9.17, 15) is 9.90 Å². The summed E-state index contributed by atoms with van der Waals surface area (Å²) in [5.41, 5.74) is 2.89. The van der Waals surface area contributed by atoms with Gasteiger partial charge < -0.3 is 15.0 Å². The highest BCUT2D eigenvalue weighted by Crippen LogP contribution is 2.41. The Kier molecular flexibility index (Phi) is 5.25. The van der Waals surface area contributed by atoms with E-state index < -0.39 is 5.97 Å². The molecule has 3 rings (SSSR count).